The molecule has 0 N–H and O–H groups in total. The monoisotopic (exact) mass is 334 g/mol. The van der Waals surface area contributed by atoms with Crippen molar-refractivity contribution in [2.75, 3.05) is 13.9 Å². The van der Waals surface area contributed by atoms with Gasteiger partial charge in [0.2, 0.25) is 0 Å². The Morgan fingerprint density at radius 3 is 2.18 bits per heavy atom. The van der Waals surface area contributed by atoms with Crippen molar-refractivity contribution in [2.45, 2.75) is 38.9 Å². The van der Waals surface area contributed by atoms with E-state index in [0.717, 1.165) is 6.07 Å². The number of hydrogen-bond donors (Lipinski definition) is 0. The molecule has 1 aliphatic rings. The van der Waals surface area contributed by atoms with Gasteiger partial charge in [-0.15, -0.1) is 0 Å². The Labute approximate surface area is 133 Å². The summed E-state index contributed by atoms with van der Waals surface area (Å²) in [5, 5.41) is -0.280. The Balaban J connectivity index is 2.43. The highest BCUT2D eigenvalue weighted by atomic mass is 35.5. The Kier molecular flexibility index (Phi) is 4.73. The van der Waals surface area contributed by atoms with E-state index in [0.29, 0.717) is 0 Å². The van der Waals surface area contributed by atoms with Gasteiger partial charge in [0.15, 0.2) is 24.2 Å². The fourth-order valence-corrected chi connectivity index (χ4v) is 2.19. The fourth-order valence-electron chi connectivity index (χ4n) is 1.99. The zero-order valence-electron chi connectivity index (χ0n) is 13.1. The highest BCUT2D eigenvalue weighted by Crippen LogP contribution is 2.37. The molecule has 2 rings (SSSR count). The molecule has 22 heavy (non-hydrogen) atoms. The molecule has 0 aliphatic carbocycles. The predicted octanol–water partition coefficient (Wildman–Crippen LogP) is 2.90. The molecule has 0 amide bonds. The maximum atomic E-state index is 14.6. The standard InChI is InChI=1S/C14H18BClF2O4/c1-13(2)14(3,4)22-15(21-13)8-6-9(16)11(18)12(10(8)17)20-7-19-5/h6H,7H2,1-5H3. The predicted molar refractivity (Wildman–Crippen MR) is 79.6 cm³/mol. The molecule has 0 aromatic heterocycles. The largest absolute Gasteiger partial charge is 0.498 e. The topological polar surface area (TPSA) is 36.9 Å². The van der Waals surface area contributed by atoms with Crippen LogP contribution in [0.2, 0.25) is 5.02 Å². The highest BCUT2D eigenvalue weighted by Gasteiger charge is 2.53. The van der Waals surface area contributed by atoms with Crippen LogP contribution in [0.3, 0.4) is 0 Å². The van der Waals surface area contributed by atoms with Gasteiger partial charge >= 0.3 is 7.12 Å². The summed E-state index contributed by atoms with van der Waals surface area (Å²) in [4.78, 5) is 0. The molecule has 1 aliphatic heterocycles. The van der Waals surface area contributed by atoms with Gasteiger partial charge in [-0.2, -0.15) is 0 Å². The number of ether oxygens (including phenoxy) is 2. The third kappa shape index (κ3) is 2.95. The zero-order chi connectivity index (χ0) is 16.7. The third-order valence-electron chi connectivity index (χ3n) is 3.97. The van der Waals surface area contributed by atoms with Crippen LogP contribution in [-0.2, 0) is 14.0 Å². The van der Waals surface area contributed by atoms with Crippen LogP contribution in [0.25, 0.3) is 0 Å². The highest BCUT2D eigenvalue weighted by molar-refractivity contribution is 6.62. The van der Waals surface area contributed by atoms with Crippen LogP contribution in [0, 0.1) is 11.6 Å². The summed E-state index contributed by atoms with van der Waals surface area (Å²) in [5.74, 6) is -2.52. The van der Waals surface area contributed by atoms with E-state index < -0.39 is 35.7 Å². The SMILES string of the molecule is COCOc1c(F)c(Cl)cc(B2OC(C)(C)C(C)(C)O2)c1F. The van der Waals surface area contributed by atoms with Gasteiger partial charge in [-0.1, -0.05) is 11.6 Å². The van der Waals surface area contributed by atoms with Crippen LogP contribution in [-0.4, -0.2) is 32.2 Å². The summed E-state index contributed by atoms with van der Waals surface area (Å²) in [6.07, 6.45) is 0. The van der Waals surface area contributed by atoms with Gasteiger partial charge in [0, 0.05) is 12.6 Å². The van der Waals surface area contributed by atoms with Gasteiger partial charge < -0.3 is 18.8 Å². The first-order chi connectivity index (χ1) is 10.1. The van der Waals surface area contributed by atoms with Crippen molar-refractivity contribution in [3.8, 4) is 5.75 Å². The van der Waals surface area contributed by atoms with Crippen molar-refractivity contribution < 1.29 is 27.6 Å². The molecule has 0 atom stereocenters. The first kappa shape index (κ1) is 17.5. The number of benzene rings is 1. The molecule has 1 aromatic carbocycles. The van der Waals surface area contributed by atoms with Crippen molar-refractivity contribution in [1.82, 2.24) is 0 Å². The van der Waals surface area contributed by atoms with Gasteiger partial charge in [-0.3, -0.25) is 0 Å². The van der Waals surface area contributed by atoms with Crippen molar-refractivity contribution in [2.24, 2.45) is 0 Å². The first-order valence-corrected chi connectivity index (χ1v) is 7.13. The molecule has 0 spiro atoms. The Morgan fingerprint density at radius 2 is 1.68 bits per heavy atom. The van der Waals surface area contributed by atoms with E-state index >= 15 is 0 Å². The maximum absolute atomic E-state index is 14.6. The molecule has 122 valence electrons. The van der Waals surface area contributed by atoms with Gasteiger partial charge in [-0.25, -0.2) is 8.78 Å². The summed E-state index contributed by atoms with van der Waals surface area (Å²) in [6.45, 7) is 7.02. The van der Waals surface area contributed by atoms with Crippen LogP contribution in [0.5, 0.6) is 5.75 Å². The summed E-state index contributed by atoms with van der Waals surface area (Å²) < 4.78 is 49.6. The maximum Gasteiger partial charge on any atom is 0.498 e. The third-order valence-corrected chi connectivity index (χ3v) is 4.25. The minimum atomic E-state index is -1.01. The zero-order valence-corrected chi connectivity index (χ0v) is 13.9. The lowest BCUT2D eigenvalue weighted by molar-refractivity contribution is 0.00578. The fraction of sp³-hybridized carbons (Fsp3) is 0.571. The molecule has 1 fully saturated rings. The van der Waals surface area contributed by atoms with E-state index in [9.17, 15) is 8.78 Å². The van der Waals surface area contributed by atoms with Crippen molar-refractivity contribution in [1.29, 1.82) is 0 Å². The lowest BCUT2D eigenvalue weighted by Crippen LogP contribution is -2.41. The van der Waals surface area contributed by atoms with Crippen molar-refractivity contribution in [3.63, 3.8) is 0 Å². The number of hydrogen-bond acceptors (Lipinski definition) is 4. The summed E-state index contributed by atoms with van der Waals surface area (Å²) in [7, 11) is 0.336. The number of halogens is 3. The van der Waals surface area contributed by atoms with Crippen LogP contribution in [0.15, 0.2) is 6.07 Å². The Morgan fingerprint density at radius 1 is 1.14 bits per heavy atom. The molecule has 4 nitrogen and oxygen atoms in total. The average molecular weight is 335 g/mol. The van der Waals surface area contributed by atoms with Gasteiger partial charge in [0.25, 0.3) is 0 Å². The molecular weight excluding hydrogens is 316 g/mol. The van der Waals surface area contributed by atoms with Crippen LogP contribution in [0.4, 0.5) is 8.78 Å². The van der Waals surface area contributed by atoms with E-state index in [2.05, 4.69) is 4.74 Å². The van der Waals surface area contributed by atoms with Crippen LogP contribution in [0.1, 0.15) is 27.7 Å². The van der Waals surface area contributed by atoms with Crippen molar-refractivity contribution in [3.05, 3.63) is 22.7 Å². The van der Waals surface area contributed by atoms with Crippen molar-refractivity contribution >= 4 is 24.2 Å². The number of rotatable bonds is 4. The summed E-state index contributed by atoms with van der Waals surface area (Å²) >= 11 is 5.82. The smallest absolute Gasteiger partial charge is 0.461 e. The normalized spacial score (nSPS) is 19.5. The van der Waals surface area contributed by atoms with Crippen LogP contribution < -0.4 is 10.2 Å². The average Bonchev–Trinajstić information content (AvgIpc) is 2.62. The molecule has 0 bridgehead atoms. The molecule has 1 heterocycles. The van der Waals surface area contributed by atoms with Gasteiger partial charge in [0.05, 0.1) is 16.2 Å². The second-order valence-corrected chi connectivity index (χ2v) is 6.45. The molecular formula is C14H18BClF2O4. The second-order valence-electron chi connectivity index (χ2n) is 6.04. The molecule has 0 saturated carbocycles. The molecule has 1 saturated heterocycles. The van der Waals surface area contributed by atoms with Crippen LogP contribution >= 0.6 is 11.6 Å². The minimum absolute atomic E-state index is 0.0175. The van der Waals surface area contributed by atoms with E-state index in [4.69, 9.17) is 25.6 Å². The minimum Gasteiger partial charge on any atom is -0.461 e. The van der Waals surface area contributed by atoms with E-state index in [1.165, 1.54) is 7.11 Å². The lowest BCUT2D eigenvalue weighted by atomic mass is 9.78. The molecule has 0 radical (unpaired) electrons. The summed E-state index contributed by atoms with van der Waals surface area (Å²) in [5.41, 5.74) is -1.33. The van der Waals surface area contributed by atoms with E-state index in [1.807, 2.05) is 27.7 Å². The second kappa shape index (κ2) is 5.96. The molecule has 1 aromatic rings. The summed E-state index contributed by atoms with van der Waals surface area (Å²) in [6, 6.07) is 1.15. The van der Waals surface area contributed by atoms with Gasteiger partial charge in [-0.05, 0) is 33.8 Å². The first-order valence-electron chi connectivity index (χ1n) is 6.75. The van der Waals surface area contributed by atoms with Gasteiger partial charge in [0.1, 0.15) is 0 Å². The Bertz CT molecular complexity index is 564. The Hall–Kier alpha value is -0.885. The number of methoxy groups -OCH3 is 1. The molecule has 0 unspecified atom stereocenters. The lowest BCUT2D eigenvalue weighted by Gasteiger charge is -2.32. The molecule has 8 heteroatoms. The quantitative estimate of drug-likeness (QED) is 0.482. The van der Waals surface area contributed by atoms with E-state index in [-0.39, 0.29) is 17.3 Å². The van der Waals surface area contributed by atoms with E-state index in [1.54, 1.807) is 0 Å².